The molecule has 136 valence electrons. The molecule has 3 rings (SSSR count). The van der Waals surface area contributed by atoms with E-state index < -0.39 is 0 Å². The molecule has 0 unspecified atom stereocenters. The van der Waals surface area contributed by atoms with Crippen LogP contribution in [0.1, 0.15) is 47.2 Å². The van der Waals surface area contributed by atoms with Gasteiger partial charge in [0.25, 0.3) is 5.91 Å². The molecule has 0 aliphatic carbocycles. The summed E-state index contributed by atoms with van der Waals surface area (Å²) in [5.74, 6) is -0.0134. The zero-order chi connectivity index (χ0) is 18.4. The zero-order valence-electron chi connectivity index (χ0n) is 15.3. The number of carbonyl (C=O) groups is 2. The van der Waals surface area contributed by atoms with Crippen LogP contribution in [0.2, 0.25) is 0 Å². The van der Waals surface area contributed by atoms with Crippen molar-refractivity contribution in [2.45, 2.75) is 39.0 Å². The lowest BCUT2D eigenvalue weighted by molar-refractivity contribution is -0.115. The average molecular weight is 350 g/mol. The summed E-state index contributed by atoms with van der Waals surface area (Å²) in [5, 5.41) is 2.92. The van der Waals surface area contributed by atoms with Gasteiger partial charge in [0.1, 0.15) is 0 Å². The van der Waals surface area contributed by atoms with Gasteiger partial charge in [0.05, 0.1) is 6.42 Å². The van der Waals surface area contributed by atoms with Gasteiger partial charge in [-0.2, -0.15) is 0 Å². The van der Waals surface area contributed by atoms with E-state index in [0.717, 1.165) is 37.1 Å². The third kappa shape index (κ3) is 4.72. The average Bonchev–Trinajstić information content (AvgIpc) is 2.92. The summed E-state index contributed by atoms with van der Waals surface area (Å²) in [5.41, 5.74) is 3.43. The molecule has 4 heteroatoms. The maximum atomic E-state index is 12.7. The van der Waals surface area contributed by atoms with E-state index in [4.69, 9.17) is 0 Å². The molecule has 0 saturated carbocycles. The summed E-state index contributed by atoms with van der Waals surface area (Å²) in [4.78, 5) is 27.0. The fraction of sp³-hybridized carbons (Fsp3) is 0.364. The van der Waals surface area contributed by atoms with Gasteiger partial charge in [-0.05, 0) is 49.1 Å². The van der Waals surface area contributed by atoms with Gasteiger partial charge >= 0.3 is 0 Å². The number of carbonyl (C=O) groups excluding carboxylic acids is 2. The molecule has 0 aromatic heterocycles. The summed E-state index contributed by atoms with van der Waals surface area (Å²) in [6, 6.07) is 15.1. The Morgan fingerprint density at radius 2 is 1.69 bits per heavy atom. The third-order valence-corrected chi connectivity index (χ3v) is 4.90. The molecule has 0 bridgehead atoms. The Morgan fingerprint density at radius 1 is 0.962 bits per heavy atom. The fourth-order valence-electron chi connectivity index (χ4n) is 3.37. The lowest BCUT2D eigenvalue weighted by atomic mass is 10.1. The van der Waals surface area contributed by atoms with Crippen molar-refractivity contribution in [1.29, 1.82) is 0 Å². The molecule has 1 saturated heterocycles. The number of rotatable bonds is 4. The van der Waals surface area contributed by atoms with E-state index in [1.165, 1.54) is 12.8 Å². The van der Waals surface area contributed by atoms with Gasteiger partial charge in [0.2, 0.25) is 5.91 Å². The summed E-state index contributed by atoms with van der Waals surface area (Å²) < 4.78 is 0. The number of hydrogen-bond donors (Lipinski definition) is 1. The third-order valence-electron chi connectivity index (χ3n) is 4.90. The van der Waals surface area contributed by atoms with Crippen LogP contribution in [0.3, 0.4) is 0 Å². The Kier molecular flexibility index (Phi) is 6.05. The van der Waals surface area contributed by atoms with Crippen LogP contribution < -0.4 is 5.32 Å². The highest BCUT2D eigenvalue weighted by Gasteiger charge is 2.17. The van der Waals surface area contributed by atoms with Crippen molar-refractivity contribution in [2.75, 3.05) is 18.4 Å². The molecule has 0 spiro atoms. The Hall–Kier alpha value is -2.62. The summed E-state index contributed by atoms with van der Waals surface area (Å²) in [7, 11) is 0. The van der Waals surface area contributed by atoms with Crippen LogP contribution in [0, 0.1) is 6.92 Å². The largest absolute Gasteiger partial charge is 0.339 e. The minimum absolute atomic E-state index is 0.0573. The molecule has 0 radical (unpaired) electrons. The highest BCUT2D eigenvalue weighted by atomic mass is 16.2. The quantitative estimate of drug-likeness (QED) is 0.899. The van der Waals surface area contributed by atoms with Gasteiger partial charge in [-0.1, -0.05) is 43.2 Å². The second kappa shape index (κ2) is 8.65. The van der Waals surface area contributed by atoms with Crippen LogP contribution in [0.4, 0.5) is 5.69 Å². The molecule has 1 aliphatic rings. The van der Waals surface area contributed by atoms with E-state index in [1.54, 1.807) is 6.07 Å². The van der Waals surface area contributed by atoms with Crippen molar-refractivity contribution in [3.05, 3.63) is 65.2 Å². The van der Waals surface area contributed by atoms with Crippen molar-refractivity contribution in [1.82, 2.24) is 4.90 Å². The van der Waals surface area contributed by atoms with E-state index in [1.807, 2.05) is 54.3 Å². The number of nitrogens with one attached hydrogen (secondary N) is 1. The van der Waals surface area contributed by atoms with Crippen LogP contribution in [-0.4, -0.2) is 29.8 Å². The maximum Gasteiger partial charge on any atom is 0.253 e. The van der Waals surface area contributed by atoms with Crippen LogP contribution in [0.25, 0.3) is 0 Å². The molecule has 2 amide bonds. The zero-order valence-corrected chi connectivity index (χ0v) is 15.3. The van der Waals surface area contributed by atoms with Crippen LogP contribution in [-0.2, 0) is 11.2 Å². The molecule has 0 atom stereocenters. The second-order valence-corrected chi connectivity index (χ2v) is 6.94. The Bertz CT molecular complexity index is 777. The predicted octanol–water partition coefficient (Wildman–Crippen LogP) is 4.19. The molecule has 4 nitrogen and oxygen atoms in total. The lowest BCUT2D eigenvalue weighted by Gasteiger charge is -2.20. The SMILES string of the molecule is Cc1ccccc1CC(=O)Nc1cccc(C(=O)N2CCCCCC2)c1. The number of aryl methyl sites for hydroxylation is 1. The number of nitrogens with zero attached hydrogens (tertiary/aromatic N) is 1. The molecule has 1 aliphatic heterocycles. The number of anilines is 1. The molecule has 2 aromatic rings. The first-order valence-electron chi connectivity index (χ1n) is 9.37. The van der Waals surface area contributed by atoms with E-state index in [-0.39, 0.29) is 11.8 Å². The highest BCUT2D eigenvalue weighted by Crippen LogP contribution is 2.17. The van der Waals surface area contributed by atoms with Crippen molar-refractivity contribution in [2.24, 2.45) is 0 Å². The molecular formula is C22H26N2O2. The fourth-order valence-corrected chi connectivity index (χ4v) is 3.37. The Morgan fingerprint density at radius 3 is 2.42 bits per heavy atom. The summed E-state index contributed by atoms with van der Waals surface area (Å²) >= 11 is 0. The second-order valence-electron chi connectivity index (χ2n) is 6.94. The van der Waals surface area contributed by atoms with Crippen molar-refractivity contribution in [3.8, 4) is 0 Å². The van der Waals surface area contributed by atoms with E-state index >= 15 is 0 Å². The minimum atomic E-state index is -0.0707. The highest BCUT2D eigenvalue weighted by molar-refractivity contribution is 5.97. The van der Waals surface area contributed by atoms with Gasteiger partial charge in [0, 0.05) is 24.3 Å². The molecule has 1 heterocycles. The molecule has 26 heavy (non-hydrogen) atoms. The maximum absolute atomic E-state index is 12.7. The first kappa shape index (κ1) is 18.2. The van der Waals surface area contributed by atoms with Crippen molar-refractivity contribution < 1.29 is 9.59 Å². The molecule has 1 fully saturated rings. The predicted molar refractivity (Wildman–Crippen MR) is 104 cm³/mol. The smallest absolute Gasteiger partial charge is 0.253 e. The number of likely N-dealkylation sites (tertiary alicyclic amines) is 1. The van der Waals surface area contributed by atoms with E-state index in [9.17, 15) is 9.59 Å². The number of amides is 2. The minimum Gasteiger partial charge on any atom is -0.339 e. The van der Waals surface area contributed by atoms with Gasteiger partial charge in [-0.3, -0.25) is 9.59 Å². The van der Waals surface area contributed by atoms with Crippen molar-refractivity contribution >= 4 is 17.5 Å². The normalized spacial score (nSPS) is 14.6. The Labute approximate surface area is 155 Å². The van der Waals surface area contributed by atoms with Crippen LogP contribution in [0.15, 0.2) is 48.5 Å². The monoisotopic (exact) mass is 350 g/mol. The Balaban J connectivity index is 1.66. The standard InChI is InChI=1S/C22H26N2O2/c1-17-9-4-5-10-18(17)16-21(25)23-20-12-8-11-19(15-20)22(26)24-13-6-2-3-7-14-24/h4-5,8-12,15H,2-3,6-7,13-14,16H2,1H3,(H,23,25). The lowest BCUT2D eigenvalue weighted by Crippen LogP contribution is -2.31. The van der Waals surface area contributed by atoms with E-state index in [2.05, 4.69) is 5.32 Å². The van der Waals surface area contributed by atoms with Gasteiger partial charge in [-0.15, -0.1) is 0 Å². The van der Waals surface area contributed by atoms with Crippen molar-refractivity contribution in [3.63, 3.8) is 0 Å². The van der Waals surface area contributed by atoms with Crippen LogP contribution in [0.5, 0.6) is 0 Å². The topological polar surface area (TPSA) is 49.4 Å². The number of benzene rings is 2. The van der Waals surface area contributed by atoms with E-state index in [0.29, 0.717) is 17.7 Å². The molecular weight excluding hydrogens is 324 g/mol. The summed E-state index contributed by atoms with van der Waals surface area (Å²) in [6.45, 7) is 3.65. The summed E-state index contributed by atoms with van der Waals surface area (Å²) in [6.07, 6.45) is 4.85. The molecule has 1 N–H and O–H groups in total. The van der Waals surface area contributed by atoms with Gasteiger partial charge < -0.3 is 10.2 Å². The van der Waals surface area contributed by atoms with Crippen LogP contribution >= 0.6 is 0 Å². The molecule has 2 aromatic carbocycles. The first-order valence-corrected chi connectivity index (χ1v) is 9.37. The van der Waals surface area contributed by atoms with Gasteiger partial charge in [0.15, 0.2) is 0 Å². The first-order chi connectivity index (χ1) is 12.6. The number of hydrogen-bond acceptors (Lipinski definition) is 2. The van der Waals surface area contributed by atoms with Gasteiger partial charge in [-0.25, -0.2) is 0 Å².